The first-order valence-corrected chi connectivity index (χ1v) is 7.50. The Morgan fingerprint density at radius 2 is 1.86 bits per heavy atom. The molecule has 1 heterocycles. The van der Waals surface area contributed by atoms with Crippen LogP contribution in [0.5, 0.6) is 0 Å². The Bertz CT molecular complexity index is 829. The molecule has 0 atom stereocenters. The van der Waals surface area contributed by atoms with Crippen LogP contribution in [-0.2, 0) is 17.6 Å². The lowest BCUT2D eigenvalue weighted by Crippen LogP contribution is -2.01. The Labute approximate surface area is 129 Å². The third kappa shape index (κ3) is 2.62. The molecule has 0 saturated carbocycles. The van der Waals surface area contributed by atoms with Gasteiger partial charge in [-0.05, 0) is 42.2 Å². The maximum atomic E-state index is 11.3. The van der Waals surface area contributed by atoms with Gasteiger partial charge in [-0.15, -0.1) is 0 Å². The van der Waals surface area contributed by atoms with Gasteiger partial charge in [-0.2, -0.15) is 0 Å². The molecular formula is C19H19NO2. The van der Waals surface area contributed by atoms with Gasteiger partial charge in [-0.3, -0.25) is 4.79 Å². The lowest BCUT2D eigenvalue weighted by Gasteiger charge is -2.04. The van der Waals surface area contributed by atoms with E-state index in [0.29, 0.717) is 0 Å². The maximum Gasteiger partial charge on any atom is 0.307 e. The molecule has 0 spiro atoms. The van der Waals surface area contributed by atoms with E-state index in [-0.39, 0.29) is 6.42 Å². The SMILES string of the molecule is CCc1ccc2[nH]c(-c3ccc(C)cc3)c(CC(=O)O)c2c1. The van der Waals surface area contributed by atoms with E-state index >= 15 is 0 Å². The Morgan fingerprint density at radius 3 is 2.50 bits per heavy atom. The van der Waals surface area contributed by atoms with Crippen molar-refractivity contribution in [2.24, 2.45) is 0 Å². The Kier molecular flexibility index (Phi) is 3.72. The molecule has 112 valence electrons. The van der Waals surface area contributed by atoms with Gasteiger partial charge in [0, 0.05) is 10.9 Å². The number of carboxylic acid groups (broad SMARTS) is 1. The predicted molar refractivity (Wildman–Crippen MR) is 89.2 cm³/mol. The summed E-state index contributed by atoms with van der Waals surface area (Å²) in [5, 5.41) is 10.3. The van der Waals surface area contributed by atoms with E-state index < -0.39 is 5.97 Å². The number of aromatic nitrogens is 1. The molecule has 2 N–H and O–H groups in total. The molecule has 1 aromatic heterocycles. The summed E-state index contributed by atoms with van der Waals surface area (Å²) < 4.78 is 0. The minimum Gasteiger partial charge on any atom is -0.481 e. The zero-order valence-electron chi connectivity index (χ0n) is 12.8. The van der Waals surface area contributed by atoms with Crippen LogP contribution in [0.2, 0.25) is 0 Å². The van der Waals surface area contributed by atoms with E-state index in [0.717, 1.165) is 34.1 Å². The van der Waals surface area contributed by atoms with Crippen LogP contribution in [-0.4, -0.2) is 16.1 Å². The molecule has 22 heavy (non-hydrogen) atoms. The van der Waals surface area contributed by atoms with Gasteiger partial charge in [0.15, 0.2) is 0 Å². The summed E-state index contributed by atoms with van der Waals surface area (Å²) in [5.74, 6) is -0.809. The summed E-state index contributed by atoms with van der Waals surface area (Å²) in [4.78, 5) is 14.7. The lowest BCUT2D eigenvalue weighted by molar-refractivity contribution is -0.136. The normalized spacial score (nSPS) is 11.0. The fourth-order valence-corrected chi connectivity index (χ4v) is 2.82. The van der Waals surface area contributed by atoms with Crippen molar-refractivity contribution in [2.75, 3.05) is 0 Å². The predicted octanol–water partition coefficient (Wildman–Crippen LogP) is 4.33. The van der Waals surface area contributed by atoms with Gasteiger partial charge in [0.05, 0.1) is 12.1 Å². The number of carbonyl (C=O) groups is 1. The van der Waals surface area contributed by atoms with Crippen molar-refractivity contribution in [2.45, 2.75) is 26.7 Å². The number of aryl methyl sites for hydroxylation is 2. The number of benzene rings is 2. The summed E-state index contributed by atoms with van der Waals surface area (Å²) >= 11 is 0. The van der Waals surface area contributed by atoms with Crippen molar-refractivity contribution >= 4 is 16.9 Å². The Hall–Kier alpha value is -2.55. The van der Waals surface area contributed by atoms with Gasteiger partial charge in [-0.25, -0.2) is 0 Å². The monoisotopic (exact) mass is 293 g/mol. The van der Waals surface area contributed by atoms with Crippen LogP contribution in [0.1, 0.15) is 23.6 Å². The number of H-pyrrole nitrogens is 1. The molecule has 0 radical (unpaired) electrons. The molecular weight excluding hydrogens is 274 g/mol. The van der Waals surface area contributed by atoms with Gasteiger partial charge >= 0.3 is 5.97 Å². The first kappa shape index (κ1) is 14.4. The smallest absolute Gasteiger partial charge is 0.307 e. The molecule has 0 fully saturated rings. The summed E-state index contributed by atoms with van der Waals surface area (Å²) in [6.45, 7) is 4.15. The Balaban J connectivity index is 2.23. The van der Waals surface area contributed by atoms with Crippen LogP contribution >= 0.6 is 0 Å². The second-order valence-electron chi connectivity index (χ2n) is 5.65. The molecule has 0 amide bonds. The molecule has 0 bridgehead atoms. The average Bonchev–Trinajstić information content (AvgIpc) is 2.85. The third-order valence-corrected chi connectivity index (χ3v) is 4.05. The van der Waals surface area contributed by atoms with E-state index in [9.17, 15) is 9.90 Å². The quantitative estimate of drug-likeness (QED) is 0.752. The van der Waals surface area contributed by atoms with Crippen LogP contribution in [0, 0.1) is 6.92 Å². The Morgan fingerprint density at radius 1 is 1.14 bits per heavy atom. The maximum absolute atomic E-state index is 11.3. The fraction of sp³-hybridized carbons (Fsp3) is 0.211. The second kappa shape index (κ2) is 5.68. The number of nitrogens with one attached hydrogen (secondary N) is 1. The highest BCUT2D eigenvalue weighted by Crippen LogP contribution is 2.31. The topological polar surface area (TPSA) is 53.1 Å². The number of aromatic amines is 1. The first-order valence-electron chi connectivity index (χ1n) is 7.50. The molecule has 3 rings (SSSR count). The van der Waals surface area contributed by atoms with E-state index in [1.807, 2.05) is 37.3 Å². The molecule has 2 aromatic carbocycles. The van der Waals surface area contributed by atoms with Crippen LogP contribution in [0.25, 0.3) is 22.2 Å². The fourth-order valence-electron chi connectivity index (χ4n) is 2.82. The van der Waals surface area contributed by atoms with Crippen molar-refractivity contribution < 1.29 is 9.90 Å². The standard InChI is InChI=1S/C19H19NO2/c1-3-13-6-9-17-15(10-13)16(11-18(21)22)19(20-17)14-7-4-12(2)5-8-14/h4-10,20H,3,11H2,1-2H3,(H,21,22). The molecule has 0 aliphatic carbocycles. The number of hydrogen-bond donors (Lipinski definition) is 2. The number of hydrogen-bond acceptors (Lipinski definition) is 1. The third-order valence-electron chi connectivity index (χ3n) is 4.05. The van der Waals surface area contributed by atoms with Gasteiger partial charge in [0.2, 0.25) is 0 Å². The van der Waals surface area contributed by atoms with Crippen LogP contribution in [0.3, 0.4) is 0 Å². The van der Waals surface area contributed by atoms with Gasteiger partial charge in [-0.1, -0.05) is 42.8 Å². The van der Waals surface area contributed by atoms with E-state index in [1.54, 1.807) is 0 Å². The number of rotatable bonds is 4. The minimum atomic E-state index is -0.809. The van der Waals surface area contributed by atoms with E-state index in [2.05, 4.69) is 24.0 Å². The van der Waals surface area contributed by atoms with E-state index in [4.69, 9.17) is 0 Å². The average molecular weight is 293 g/mol. The minimum absolute atomic E-state index is 0.0242. The summed E-state index contributed by atoms with van der Waals surface area (Å²) in [5.41, 5.74) is 6.19. The zero-order chi connectivity index (χ0) is 15.7. The van der Waals surface area contributed by atoms with Crippen LogP contribution < -0.4 is 0 Å². The summed E-state index contributed by atoms with van der Waals surface area (Å²) in [6.07, 6.45) is 0.962. The molecule has 3 nitrogen and oxygen atoms in total. The van der Waals surface area contributed by atoms with Gasteiger partial charge in [0.25, 0.3) is 0 Å². The second-order valence-corrected chi connectivity index (χ2v) is 5.65. The zero-order valence-corrected chi connectivity index (χ0v) is 12.8. The van der Waals surface area contributed by atoms with Crippen molar-refractivity contribution in [1.29, 1.82) is 0 Å². The molecule has 3 heteroatoms. The molecule has 3 aromatic rings. The highest BCUT2D eigenvalue weighted by atomic mass is 16.4. The molecule has 0 saturated heterocycles. The lowest BCUT2D eigenvalue weighted by atomic mass is 10.0. The van der Waals surface area contributed by atoms with Crippen molar-refractivity contribution in [3.05, 3.63) is 59.2 Å². The largest absolute Gasteiger partial charge is 0.481 e. The number of carboxylic acids is 1. The molecule has 0 unspecified atom stereocenters. The number of aliphatic carboxylic acids is 1. The van der Waals surface area contributed by atoms with Gasteiger partial charge in [0.1, 0.15) is 0 Å². The van der Waals surface area contributed by atoms with Gasteiger partial charge < -0.3 is 10.1 Å². The van der Waals surface area contributed by atoms with Crippen molar-refractivity contribution in [3.63, 3.8) is 0 Å². The number of fused-ring (bicyclic) bond motifs is 1. The summed E-state index contributed by atoms with van der Waals surface area (Å²) in [6, 6.07) is 14.4. The van der Waals surface area contributed by atoms with E-state index in [1.165, 1.54) is 11.1 Å². The highest BCUT2D eigenvalue weighted by molar-refractivity contribution is 5.94. The summed E-state index contributed by atoms with van der Waals surface area (Å²) in [7, 11) is 0. The first-order chi connectivity index (χ1) is 10.6. The van der Waals surface area contributed by atoms with Crippen molar-refractivity contribution in [3.8, 4) is 11.3 Å². The molecule has 0 aliphatic rings. The van der Waals surface area contributed by atoms with Crippen LogP contribution in [0.15, 0.2) is 42.5 Å². The van der Waals surface area contributed by atoms with Crippen LogP contribution in [0.4, 0.5) is 0 Å². The highest BCUT2D eigenvalue weighted by Gasteiger charge is 2.16. The van der Waals surface area contributed by atoms with Crippen molar-refractivity contribution in [1.82, 2.24) is 4.98 Å². The molecule has 0 aliphatic heterocycles.